The number of nitrogens with two attached hydrogens (primary N) is 1. The molecular weight excluding hydrogens is 310 g/mol. The molecule has 0 unspecified atom stereocenters. The summed E-state index contributed by atoms with van der Waals surface area (Å²) in [4.78, 5) is 23.2. The lowest BCUT2D eigenvalue weighted by atomic mass is 9.78. The fraction of sp³-hybridized carbons (Fsp3) is 0.588. The van der Waals surface area contributed by atoms with Gasteiger partial charge < -0.3 is 15.8 Å². The predicted octanol–water partition coefficient (Wildman–Crippen LogP) is 2.79. The van der Waals surface area contributed by atoms with Crippen LogP contribution in [0.3, 0.4) is 0 Å². The maximum absolute atomic E-state index is 12.6. The van der Waals surface area contributed by atoms with Crippen LogP contribution in [0.2, 0.25) is 0 Å². The van der Waals surface area contributed by atoms with Crippen molar-refractivity contribution >= 4 is 17.3 Å². The normalized spacial score (nSPS) is 22.9. The molecular formula is C17H23N3O4. The third kappa shape index (κ3) is 3.36. The number of ether oxygens (including phenoxy) is 1. The molecule has 1 aromatic carbocycles. The Labute approximate surface area is 140 Å². The average Bonchev–Trinajstić information content (AvgIpc) is 2.55. The number of hydrogen-bond donors (Lipinski definition) is 2. The molecule has 1 aliphatic carbocycles. The predicted molar refractivity (Wildman–Crippen MR) is 89.8 cm³/mol. The van der Waals surface area contributed by atoms with Gasteiger partial charge in [-0.1, -0.05) is 25.3 Å². The summed E-state index contributed by atoms with van der Waals surface area (Å²) in [5.41, 5.74) is 5.49. The number of rotatable bonds is 3. The molecule has 0 bridgehead atoms. The van der Waals surface area contributed by atoms with E-state index in [1.54, 1.807) is 0 Å². The largest absolute Gasteiger partial charge is 0.398 e. The number of nitro groups is 1. The molecule has 1 atom stereocenters. The maximum atomic E-state index is 12.6. The summed E-state index contributed by atoms with van der Waals surface area (Å²) in [6, 6.07) is 4.26. The van der Waals surface area contributed by atoms with Crippen LogP contribution in [0.5, 0.6) is 0 Å². The molecule has 3 rings (SSSR count). The second-order valence-corrected chi connectivity index (χ2v) is 6.75. The van der Waals surface area contributed by atoms with E-state index < -0.39 is 10.8 Å². The molecule has 2 aliphatic rings. The van der Waals surface area contributed by atoms with Crippen molar-refractivity contribution in [1.29, 1.82) is 0 Å². The van der Waals surface area contributed by atoms with Crippen LogP contribution >= 0.6 is 0 Å². The zero-order valence-corrected chi connectivity index (χ0v) is 13.6. The highest BCUT2D eigenvalue weighted by Gasteiger charge is 2.39. The zero-order valence-electron chi connectivity index (χ0n) is 13.6. The van der Waals surface area contributed by atoms with E-state index in [4.69, 9.17) is 10.5 Å². The number of carbonyl (C=O) groups excluding carboxylic acids is 1. The fourth-order valence-corrected chi connectivity index (χ4v) is 3.91. The summed E-state index contributed by atoms with van der Waals surface area (Å²) in [6.07, 6.45) is 7.05. The van der Waals surface area contributed by atoms with Gasteiger partial charge >= 0.3 is 0 Å². The standard InChI is InChI=1S/C17H23N3O4/c18-13-5-4-6-14(20(22)23)15(13)16(21)19-12-7-10-24-17(11-12)8-2-1-3-9-17/h4-6,12H,1-3,7-11,18H2,(H,19,21)/t12-/m1/s1. The molecule has 0 aromatic heterocycles. The Hall–Kier alpha value is -2.15. The Bertz CT molecular complexity index is 635. The van der Waals surface area contributed by atoms with Crippen molar-refractivity contribution in [2.24, 2.45) is 0 Å². The number of anilines is 1. The molecule has 3 N–H and O–H groups in total. The molecule has 1 aliphatic heterocycles. The number of amides is 1. The van der Waals surface area contributed by atoms with E-state index in [0.717, 1.165) is 32.1 Å². The first-order valence-corrected chi connectivity index (χ1v) is 8.48. The van der Waals surface area contributed by atoms with Gasteiger partial charge in [0.05, 0.1) is 16.2 Å². The zero-order chi connectivity index (χ0) is 17.2. The number of nitrogens with zero attached hydrogens (tertiary/aromatic N) is 1. The van der Waals surface area contributed by atoms with Crippen molar-refractivity contribution in [3.8, 4) is 0 Å². The SMILES string of the molecule is Nc1cccc([N+](=O)[O-])c1C(=O)N[C@@H]1CCOC2(CCCCC2)C1. The molecule has 130 valence electrons. The molecule has 7 nitrogen and oxygen atoms in total. The smallest absolute Gasteiger partial charge is 0.284 e. The lowest BCUT2D eigenvalue weighted by Crippen LogP contribution is -2.49. The average molecular weight is 333 g/mol. The van der Waals surface area contributed by atoms with Gasteiger partial charge in [0.15, 0.2) is 0 Å². The first-order valence-electron chi connectivity index (χ1n) is 8.48. The molecule has 1 spiro atoms. The van der Waals surface area contributed by atoms with Gasteiger partial charge in [-0.2, -0.15) is 0 Å². The van der Waals surface area contributed by atoms with E-state index in [1.807, 2.05) is 0 Å². The van der Waals surface area contributed by atoms with Crippen LogP contribution in [0.25, 0.3) is 0 Å². The van der Waals surface area contributed by atoms with Crippen molar-refractivity contribution in [2.45, 2.75) is 56.6 Å². The van der Waals surface area contributed by atoms with Crippen LogP contribution in [-0.4, -0.2) is 29.1 Å². The third-order valence-corrected chi connectivity index (χ3v) is 5.09. The van der Waals surface area contributed by atoms with Crippen molar-refractivity contribution in [3.63, 3.8) is 0 Å². The summed E-state index contributed by atoms with van der Waals surface area (Å²) in [7, 11) is 0. The van der Waals surface area contributed by atoms with Crippen LogP contribution in [0.1, 0.15) is 55.3 Å². The second-order valence-electron chi connectivity index (χ2n) is 6.75. The lowest BCUT2D eigenvalue weighted by Gasteiger charge is -2.43. The highest BCUT2D eigenvalue weighted by atomic mass is 16.6. The molecule has 0 radical (unpaired) electrons. The van der Waals surface area contributed by atoms with Crippen LogP contribution in [0, 0.1) is 10.1 Å². The van der Waals surface area contributed by atoms with Crippen LogP contribution in [-0.2, 0) is 4.74 Å². The number of nitrogens with one attached hydrogen (secondary N) is 1. The minimum Gasteiger partial charge on any atom is -0.398 e. The monoisotopic (exact) mass is 333 g/mol. The van der Waals surface area contributed by atoms with Gasteiger partial charge in [-0.25, -0.2) is 0 Å². The Balaban J connectivity index is 1.74. The second kappa shape index (κ2) is 6.76. The maximum Gasteiger partial charge on any atom is 0.284 e. The topological polar surface area (TPSA) is 107 Å². The van der Waals surface area contributed by atoms with Crippen molar-refractivity contribution in [3.05, 3.63) is 33.9 Å². The Morgan fingerprint density at radius 1 is 1.33 bits per heavy atom. The molecule has 1 saturated carbocycles. The van der Waals surface area contributed by atoms with Gasteiger partial charge in [0, 0.05) is 18.7 Å². The molecule has 1 heterocycles. The number of nitro benzene ring substituents is 1. The summed E-state index contributed by atoms with van der Waals surface area (Å²) in [6.45, 7) is 0.608. The van der Waals surface area contributed by atoms with Crippen LogP contribution in [0.15, 0.2) is 18.2 Å². The molecule has 2 fully saturated rings. The summed E-state index contributed by atoms with van der Waals surface area (Å²) in [5.74, 6) is -0.474. The summed E-state index contributed by atoms with van der Waals surface area (Å²) in [5, 5.41) is 14.1. The minimum atomic E-state index is -0.572. The fourth-order valence-electron chi connectivity index (χ4n) is 3.91. The van der Waals surface area contributed by atoms with Crippen molar-refractivity contribution in [2.75, 3.05) is 12.3 Å². The van der Waals surface area contributed by atoms with E-state index in [-0.39, 0.29) is 28.6 Å². The number of nitrogen functional groups attached to an aromatic ring is 1. The number of carbonyl (C=O) groups is 1. The van der Waals surface area contributed by atoms with Gasteiger partial charge in [-0.15, -0.1) is 0 Å². The van der Waals surface area contributed by atoms with E-state index in [9.17, 15) is 14.9 Å². The van der Waals surface area contributed by atoms with Gasteiger partial charge in [0.2, 0.25) is 0 Å². The molecule has 1 saturated heterocycles. The summed E-state index contributed by atoms with van der Waals surface area (Å²) < 4.78 is 6.03. The summed E-state index contributed by atoms with van der Waals surface area (Å²) >= 11 is 0. The van der Waals surface area contributed by atoms with Crippen LogP contribution < -0.4 is 11.1 Å². The molecule has 1 aromatic rings. The first-order chi connectivity index (χ1) is 11.5. The number of benzene rings is 1. The van der Waals surface area contributed by atoms with Crippen molar-refractivity contribution in [1.82, 2.24) is 5.32 Å². The van der Waals surface area contributed by atoms with E-state index >= 15 is 0 Å². The lowest BCUT2D eigenvalue weighted by molar-refractivity contribution is -0.385. The quantitative estimate of drug-likeness (QED) is 0.502. The van der Waals surface area contributed by atoms with Gasteiger partial charge in [0.25, 0.3) is 11.6 Å². The Kier molecular flexibility index (Phi) is 4.71. The first kappa shape index (κ1) is 16.7. The minimum absolute atomic E-state index is 0.0384. The molecule has 24 heavy (non-hydrogen) atoms. The van der Waals surface area contributed by atoms with Gasteiger partial charge in [-0.05, 0) is 31.7 Å². The Morgan fingerprint density at radius 2 is 2.08 bits per heavy atom. The van der Waals surface area contributed by atoms with E-state index in [0.29, 0.717) is 13.0 Å². The van der Waals surface area contributed by atoms with E-state index in [2.05, 4.69) is 5.32 Å². The van der Waals surface area contributed by atoms with Crippen molar-refractivity contribution < 1.29 is 14.5 Å². The number of hydrogen-bond acceptors (Lipinski definition) is 5. The van der Waals surface area contributed by atoms with Crippen LogP contribution in [0.4, 0.5) is 11.4 Å². The van der Waals surface area contributed by atoms with E-state index in [1.165, 1.54) is 24.6 Å². The highest BCUT2D eigenvalue weighted by molar-refractivity contribution is 6.03. The third-order valence-electron chi connectivity index (χ3n) is 5.09. The molecule has 7 heteroatoms. The van der Waals surface area contributed by atoms with Gasteiger partial charge in [0.1, 0.15) is 5.56 Å². The Morgan fingerprint density at radius 3 is 2.79 bits per heavy atom. The van der Waals surface area contributed by atoms with Gasteiger partial charge in [-0.3, -0.25) is 14.9 Å². The highest BCUT2D eigenvalue weighted by Crippen LogP contribution is 2.38. The molecule has 1 amide bonds.